The van der Waals surface area contributed by atoms with Crippen LogP contribution in [-0.2, 0) is 10.8 Å². The quantitative estimate of drug-likeness (QED) is 0.133. The molecule has 0 unspecified atom stereocenters. The lowest BCUT2D eigenvalue weighted by atomic mass is 9.33. The fourth-order valence-electron chi connectivity index (χ4n) is 23.1. The summed E-state index contributed by atoms with van der Waals surface area (Å²) in [4.78, 5) is 4.86. The third-order valence-electron chi connectivity index (χ3n) is 26.1. The van der Waals surface area contributed by atoms with Gasteiger partial charge in [0.15, 0.2) is 0 Å². The van der Waals surface area contributed by atoms with Crippen LogP contribution < -0.4 is 26.2 Å². The molecule has 0 amide bonds. The van der Waals surface area contributed by atoms with Gasteiger partial charge in [-0.25, -0.2) is 0 Å². The van der Waals surface area contributed by atoms with Gasteiger partial charge in [0.2, 0.25) is 0 Å². The zero-order valence-corrected chi connectivity index (χ0v) is 53.0. The zero-order chi connectivity index (χ0) is 62.2. The van der Waals surface area contributed by atoms with Gasteiger partial charge in [-0.3, -0.25) is 0 Å². The number of nitrogens with zero attached hydrogens (tertiary/aromatic N) is 3. The molecule has 0 radical (unpaired) electrons. The standard InChI is InChI=1S/C87H86BN3/c1-55-36-81-83-82(37-55)90(71-32-28-67(29-33-71)63-18-8-3-9-19-63)80-48-72(34-35-78(80)88(83)77-24-14-15-25-79(77)89(81)70-30-26-66(27-31-70)62-16-6-2-7-17-62)91-84-73(44-68(64-20-10-4-11-21-64)46-75(84)86-49-56-38-57(50-86)40-58(39-56)51-86)74-45-69(65-22-12-5-13-23-65)47-76(85(74)91)87-52-59-41-60(53-87)43-61(42-59)54-87/h2-3,6-9,14-19,24-37,44-48,56-61,64-65H,4-5,10-13,20-23,38-43,49-54H2,1H3/i1D3. The Morgan fingerprint density at radius 1 is 0.374 bits per heavy atom. The number of hydrogen-bond acceptors (Lipinski definition) is 2. The molecule has 0 saturated heterocycles. The molecule has 3 heterocycles. The first kappa shape index (κ1) is 51.0. The minimum Gasteiger partial charge on any atom is -0.311 e. The molecule has 2 aliphatic heterocycles. The molecular weight excluding hydrogens is 1100 g/mol. The lowest BCUT2D eigenvalue weighted by molar-refractivity contribution is -0.00473. The lowest BCUT2D eigenvalue weighted by Crippen LogP contribution is -2.61. The maximum absolute atomic E-state index is 9.38. The number of fused-ring (bicyclic) bond motifs is 7. The molecule has 0 atom stereocenters. The number of aryl methyl sites for hydroxylation is 1. The van der Waals surface area contributed by atoms with Crippen molar-refractivity contribution in [2.45, 2.75) is 171 Å². The Hall–Kier alpha value is -7.56. The molecule has 10 aromatic rings. The first-order valence-electron chi connectivity index (χ1n) is 37.6. The van der Waals surface area contributed by atoms with Crippen LogP contribution in [0.25, 0.3) is 49.7 Å². The molecule has 9 aromatic carbocycles. The molecule has 4 heteroatoms. The normalized spacial score (nSPS) is 27.6. The summed E-state index contributed by atoms with van der Waals surface area (Å²) in [6.07, 6.45) is 29.8. The van der Waals surface area contributed by atoms with Crippen molar-refractivity contribution in [1.82, 2.24) is 4.57 Å². The second-order valence-corrected chi connectivity index (χ2v) is 31.5. The second-order valence-electron chi connectivity index (χ2n) is 31.5. The highest BCUT2D eigenvalue weighted by Gasteiger charge is 2.55. The predicted molar refractivity (Wildman–Crippen MR) is 382 cm³/mol. The van der Waals surface area contributed by atoms with Crippen LogP contribution in [0.1, 0.15) is 185 Å². The summed E-state index contributed by atoms with van der Waals surface area (Å²) in [5.74, 6) is 6.10. The third kappa shape index (κ3) is 8.51. The maximum Gasteiger partial charge on any atom is 0.252 e. The van der Waals surface area contributed by atoms with Gasteiger partial charge in [0, 0.05) is 54.7 Å². The molecule has 1 aromatic heterocycles. The van der Waals surface area contributed by atoms with Crippen LogP contribution in [-0.4, -0.2) is 11.3 Å². The largest absolute Gasteiger partial charge is 0.311 e. The smallest absolute Gasteiger partial charge is 0.252 e. The molecule has 452 valence electrons. The van der Waals surface area contributed by atoms with Crippen LogP contribution in [0.5, 0.6) is 0 Å². The number of hydrogen-bond donors (Lipinski definition) is 0. The number of aromatic nitrogens is 1. The Morgan fingerprint density at radius 3 is 1.24 bits per heavy atom. The number of anilines is 6. The molecule has 91 heavy (non-hydrogen) atoms. The van der Waals surface area contributed by atoms with E-state index in [1.165, 1.54) is 191 Å². The first-order chi connectivity index (χ1) is 46.0. The molecule has 10 fully saturated rings. The van der Waals surface area contributed by atoms with Crippen LogP contribution in [0.4, 0.5) is 34.1 Å². The Balaban J connectivity index is 0.879. The van der Waals surface area contributed by atoms with E-state index in [4.69, 9.17) is 0 Å². The fourth-order valence-corrected chi connectivity index (χ4v) is 23.1. The molecule has 12 aliphatic rings. The van der Waals surface area contributed by atoms with Crippen molar-refractivity contribution in [3.8, 4) is 27.9 Å². The summed E-state index contributed by atoms with van der Waals surface area (Å²) >= 11 is 0. The molecule has 0 spiro atoms. The van der Waals surface area contributed by atoms with Crippen LogP contribution in [0.3, 0.4) is 0 Å². The Bertz CT molecular complexity index is 4450. The van der Waals surface area contributed by atoms with Gasteiger partial charge in [0.1, 0.15) is 0 Å². The molecular formula is C87H86BN3. The van der Waals surface area contributed by atoms with Gasteiger partial charge in [-0.05, 0) is 301 Å². The van der Waals surface area contributed by atoms with E-state index < -0.39 is 6.85 Å². The van der Waals surface area contributed by atoms with E-state index in [1.807, 2.05) is 6.07 Å². The fraction of sp³-hybridized carbons (Fsp3) is 0.379. The number of para-hydroxylation sites is 1. The van der Waals surface area contributed by atoms with E-state index >= 15 is 0 Å². The van der Waals surface area contributed by atoms with Gasteiger partial charge in [-0.2, -0.15) is 0 Å². The Labute approximate surface area is 544 Å². The summed E-state index contributed by atoms with van der Waals surface area (Å²) < 4.78 is 31.1. The minimum atomic E-state index is -2.39. The van der Waals surface area contributed by atoms with E-state index in [2.05, 4.69) is 196 Å². The van der Waals surface area contributed by atoms with Gasteiger partial charge in [-0.1, -0.05) is 160 Å². The van der Waals surface area contributed by atoms with Crippen molar-refractivity contribution >= 4 is 79.0 Å². The molecule has 10 saturated carbocycles. The Kier molecular flexibility index (Phi) is 11.6. The molecule has 10 aliphatic carbocycles. The topological polar surface area (TPSA) is 11.4 Å². The monoisotopic (exact) mass is 1190 g/mol. The summed E-state index contributed by atoms with van der Waals surface area (Å²) in [5, 5.41) is 3.07. The molecule has 3 nitrogen and oxygen atoms in total. The summed E-state index contributed by atoms with van der Waals surface area (Å²) in [5.41, 5.74) is 26.0. The zero-order valence-electron chi connectivity index (χ0n) is 56.0. The Morgan fingerprint density at radius 2 is 0.780 bits per heavy atom. The van der Waals surface area contributed by atoms with E-state index in [0.29, 0.717) is 17.4 Å². The highest BCUT2D eigenvalue weighted by Crippen LogP contribution is 2.65. The van der Waals surface area contributed by atoms with Crippen LogP contribution >= 0.6 is 0 Å². The van der Waals surface area contributed by atoms with Crippen LogP contribution in [0, 0.1) is 42.4 Å². The second kappa shape index (κ2) is 20.7. The van der Waals surface area contributed by atoms with Crippen molar-refractivity contribution in [3.05, 3.63) is 216 Å². The molecule has 0 N–H and O–H groups in total. The number of rotatable bonds is 9. The SMILES string of the molecule is [2H]C([2H])([2H])c1cc2c3c(c1)N(c1ccc(-c4ccccc4)cc1)c1cc(-n4c5c(C67CC8CC(CC(C8)C6)C7)cc(C6CCCCC6)cc5c5cc(C6CCCCC6)cc(C67CC8CC(CC(C8)C6)C7)c54)ccc1B3c1ccccc1N2c1ccc(-c2ccccc2)cc1. The van der Waals surface area contributed by atoms with Crippen molar-refractivity contribution in [2.75, 3.05) is 9.80 Å². The predicted octanol–water partition coefficient (Wildman–Crippen LogP) is 21.5. The summed E-state index contributed by atoms with van der Waals surface area (Å²) in [7, 11) is 0. The lowest BCUT2D eigenvalue weighted by Gasteiger charge is -2.57. The van der Waals surface area contributed by atoms with Crippen LogP contribution in [0.15, 0.2) is 188 Å². The van der Waals surface area contributed by atoms with Gasteiger partial charge in [0.05, 0.1) is 11.0 Å². The highest BCUT2D eigenvalue weighted by molar-refractivity contribution is 7.00. The molecule has 22 rings (SSSR count). The van der Waals surface area contributed by atoms with Gasteiger partial charge < -0.3 is 14.4 Å². The molecule has 8 bridgehead atoms. The van der Waals surface area contributed by atoms with Crippen molar-refractivity contribution < 1.29 is 4.11 Å². The van der Waals surface area contributed by atoms with Crippen molar-refractivity contribution in [1.29, 1.82) is 0 Å². The van der Waals surface area contributed by atoms with Crippen molar-refractivity contribution in [2.24, 2.45) is 35.5 Å². The summed E-state index contributed by atoms with van der Waals surface area (Å²) in [6, 6.07) is 71.7. The first-order valence-corrected chi connectivity index (χ1v) is 36.1. The van der Waals surface area contributed by atoms with E-state index in [-0.39, 0.29) is 17.5 Å². The summed E-state index contributed by atoms with van der Waals surface area (Å²) in [6.45, 7) is -2.56. The third-order valence-corrected chi connectivity index (χ3v) is 26.1. The maximum atomic E-state index is 9.38. The van der Waals surface area contributed by atoms with Gasteiger partial charge >= 0.3 is 0 Å². The average Bonchev–Trinajstić information content (AvgIpc) is 1.25. The minimum absolute atomic E-state index is 0.151. The highest BCUT2D eigenvalue weighted by atomic mass is 15.2. The van der Waals surface area contributed by atoms with Gasteiger partial charge in [0.25, 0.3) is 6.71 Å². The average molecular weight is 1190 g/mol. The van der Waals surface area contributed by atoms with Crippen LogP contribution in [0.2, 0.25) is 0 Å². The van der Waals surface area contributed by atoms with E-state index in [0.717, 1.165) is 86.2 Å². The van der Waals surface area contributed by atoms with Gasteiger partial charge in [-0.15, -0.1) is 0 Å². The van der Waals surface area contributed by atoms with E-state index in [1.54, 1.807) is 22.3 Å². The van der Waals surface area contributed by atoms with E-state index in [9.17, 15) is 4.11 Å². The van der Waals surface area contributed by atoms with Crippen molar-refractivity contribution in [3.63, 3.8) is 0 Å². The number of benzene rings is 9.